The highest BCUT2D eigenvalue weighted by molar-refractivity contribution is 8.14. The molecule has 0 bridgehead atoms. The molecule has 0 saturated carbocycles. The van der Waals surface area contributed by atoms with Gasteiger partial charge in [0.15, 0.2) is 16.8 Å². The molecule has 1 aliphatic rings. The molecule has 4 nitrogen and oxygen atoms in total. The number of halogens is 2. The molecule has 3 rings (SSSR count). The summed E-state index contributed by atoms with van der Waals surface area (Å²) in [7, 11) is 0. The predicted octanol–water partition coefficient (Wildman–Crippen LogP) is 4.09. The second kappa shape index (κ2) is 7.44. The van der Waals surface area contributed by atoms with Crippen LogP contribution in [0.15, 0.2) is 52.6 Å². The first-order valence-electron chi connectivity index (χ1n) is 7.38. The number of hydrogen-bond acceptors (Lipinski definition) is 4. The third-order valence-corrected chi connectivity index (χ3v) is 4.14. The summed E-state index contributed by atoms with van der Waals surface area (Å²) in [5.41, 5.74) is 4.81. The Balaban J connectivity index is 1.70. The van der Waals surface area contributed by atoms with Crippen LogP contribution in [0.5, 0.6) is 5.75 Å². The number of thioether (sulfide) groups is 1. The summed E-state index contributed by atoms with van der Waals surface area (Å²) < 4.78 is 31.7. The Morgan fingerprint density at radius 2 is 1.96 bits per heavy atom. The SMILES string of the molecule is CCOc1ccc(N=C2NN=C(c3ccc(F)c(F)c3)CS2)cc1. The molecule has 2 aromatic rings. The lowest BCUT2D eigenvalue weighted by Crippen LogP contribution is -2.25. The zero-order valence-electron chi connectivity index (χ0n) is 12.9. The van der Waals surface area contributed by atoms with Crippen molar-refractivity contribution in [3.05, 3.63) is 59.7 Å². The Morgan fingerprint density at radius 1 is 1.17 bits per heavy atom. The highest BCUT2D eigenvalue weighted by Gasteiger charge is 2.14. The van der Waals surface area contributed by atoms with Gasteiger partial charge < -0.3 is 4.74 Å². The fraction of sp³-hybridized carbons (Fsp3) is 0.176. The van der Waals surface area contributed by atoms with Gasteiger partial charge in [-0.15, -0.1) is 0 Å². The smallest absolute Gasteiger partial charge is 0.182 e. The van der Waals surface area contributed by atoms with E-state index in [-0.39, 0.29) is 0 Å². The molecular weight excluding hydrogens is 332 g/mol. The number of amidine groups is 1. The van der Waals surface area contributed by atoms with Gasteiger partial charge in [0, 0.05) is 11.3 Å². The van der Waals surface area contributed by atoms with Crippen molar-refractivity contribution in [1.29, 1.82) is 0 Å². The van der Waals surface area contributed by atoms with Gasteiger partial charge in [-0.25, -0.2) is 13.8 Å². The highest BCUT2D eigenvalue weighted by Crippen LogP contribution is 2.21. The summed E-state index contributed by atoms with van der Waals surface area (Å²) in [6, 6.07) is 11.2. The minimum atomic E-state index is -0.881. The van der Waals surface area contributed by atoms with E-state index < -0.39 is 11.6 Å². The van der Waals surface area contributed by atoms with Crippen LogP contribution in [0.25, 0.3) is 0 Å². The topological polar surface area (TPSA) is 46.0 Å². The van der Waals surface area contributed by atoms with Gasteiger partial charge in [0.05, 0.1) is 18.0 Å². The Hall–Kier alpha value is -2.41. The van der Waals surface area contributed by atoms with Crippen LogP contribution in [0.2, 0.25) is 0 Å². The fourth-order valence-electron chi connectivity index (χ4n) is 2.10. The number of hydrazone groups is 1. The molecule has 7 heteroatoms. The van der Waals surface area contributed by atoms with Crippen molar-refractivity contribution >= 4 is 28.3 Å². The van der Waals surface area contributed by atoms with E-state index in [0.29, 0.717) is 28.8 Å². The Kier molecular flexibility index (Phi) is 5.10. The average molecular weight is 347 g/mol. The number of ether oxygens (including phenoxy) is 1. The van der Waals surface area contributed by atoms with E-state index in [1.807, 2.05) is 31.2 Å². The van der Waals surface area contributed by atoms with E-state index in [9.17, 15) is 8.78 Å². The quantitative estimate of drug-likeness (QED) is 0.906. The largest absolute Gasteiger partial charge is 0.494 e. The second-order valence-corrected chi connectivity index (χ2v) is 5.90. The average Bonchev–Trinajstić information content (AvgIpc) is 2.60. The van der Waals surface area contributed by atoms with Crippen molar-refractivity contribution in [1.82, 2.24) is 5.43 Å². The van der Waals surface area contributed by atoms with Gasteiger partial charge in [-0.3, -0.25) is 5.43 Å². The Morgan fingerprint density at radius 3 is 2.58 bits per heavy atom. The molecule has 0 aliphatic carbocycles. The first-order valence-corrected chi connectivity index (χ1v) is 8.36. The number of benzene rings is 2. The lowest BCUT2D eigenvalue weighted by molar-refractivity contribution is 0.340. The number of rotatable bonds is 4. The number of nitrogens with zero attached hydrogens (tertiary/aromatic N) is 2. The van der Waals surface area contributed by atoms with E-state index in [1.54, 1.807) is 0 Å². The summed E-state index contributed by atoms with van der Waals surface area (Å²) in [4.78, 5) is 4.45. The number of hydrogen-bond donors (Lipinski definition) is 1. The molecule has 1 N–H and O–H groups in total. The minimum absolute atomic E-state index is 0.522. The maximum Gasteiger partial charge on any atom is 0.182 e. The molecule has 1 heterocycles. The standard InChI is InChI=1S/C17H15F2N3OS/c1-2-23-13-6-4-12(5-7-13)20-17-22-21-16(10-24-17)11-3-8-14(18)15(19)9-11/h3-9H,2,10H2,1H3,(H,20,22). The van der Waals surface area contributed by atoms with E-state index in [1.165, 1.54) is 17.8 Å². The number of aliphatic imine (C=N–C) groups is 1. The van der Waals surface area contributed by atoms with Crippen molar-refractivity contribution in [2.24, 2.45) is 10.1 Å². The summed E-state index contributed by atoms with van der Waals surface area (Å²) in [6.45, 7) is 2.55. The molecule has 0 saturated heterocycles. The van der Waals surface area contributed by atoms with Crippen LogP contribution in [0.3, 0.4) is 0 Å². The van der Waals surface area contributed by atoms with Crippen LogP contribution in [0.1, 0.15) is 12.5 Å². The van der Waals surface area contributed by atoms with Gasteiger partial charge in [0.1, 0.15) is 5.75 Å². The van der Waals surface area contributed by atoms with Crippen molar-refractivity contribution < 1.29 is 13.5 Å². The summed E-state index contributed by atoms with van der Waals surface area (Å²) >= 11 is 1.45. The molecule has 0 amide bonds. The first kappa shape index (κ1) is 16.4. The van der Waals surface area contributed by atoms with Crippen LogP contribution in [-0.2, 0) is 0 Å². The van der Waals surface area contributed by atoms with Gasteiger partial charge in [0.25, 0.3) is 0 Å². The molecule has 2 aromatic carbocycles. The Labute approximate surface area is 142 Å². The molecule has 0 fully saturated rings. The van der Waals surface area contributed by atoms with Crippen LogP contribution < -0.4 is 10.2 Å². The fourth-order valence-corrected chi connectivity index (χ4v) is 2.88. The zero-order valence-corrected chi connectivity index (χ0v) is 13.7. The van der Waals surface area contributed by atoms with Crippen molar-refractivity contribution in [2.45, 2.75) is 6.92 Å². The van der Waals surface area contributed by atoms with Gasteiger partial charge >= 0.3 is 0 Å². The zero-order chi connectivity index (χ0) is 16.9. The maximum atomic E-state index is 13.3. The first-order chi connectivity index (χ1) is 11.7. The minimum Gasteiger partial charge on any atom is -0.494 e. The predicted molar refractivity (Wildman–Crippen MR) is 93.2 cm³/mol. The monoisotopic (exact) mass is 347 g/mol. The van der Waals surface area contributed by atoms with Crippen molar-refractivity contribution in [3.63, 3.8) is 0 Å². The third-order valence-electron chi connectivity index (χ3n) is 3.26. The molecule has 124 valence electrons. The van der Waals surface area contributed by atoms with Gasteiger partial charge in [-0.1, -0.05) is 11.8 Å². The van der Waals surface area contributed by atoms with Crippen LogP contribution >= 0.6 is 11.8 Å². The van der Waals surface area contributed by atoms with Crippen LogP contribution in [0.4, 0.5) is 14.5 Å². The van der Waals surface area contributed by atoms with E-state index in [0.717, 1.165) is 23.6 Å². The molecule has 0 spiro atoms. The molecule has 0 atom stereocenters. The van der Waals surface area contributed by atoms with Crippen LogP contribution in [0, 0.1) is 11.6 Å². The number of nitrogens with one attached hydrogen (secondary N) is 1. The summed E-state index contributed by atoms with van der Waals surface area (Å²) in [5, 5.41) is 4.84. The summed E-state index contributed by atoms with van der Waals surface area (Å²) in [6.07, 6.45) is 0. The summed E-state index contributed by atoms with van der Waals surface area (Å²) in [5.74, 6) is -0.430. The van der Waals surface area contributed by atoms with Crippen molar-refractivity contribution in [3.8, 4) is 5.75 Å². The molecule has 0 radical (unpaired) electrons. The van der Waals surface area contributed by atoms with Gasteiger partial charge in [-0.05, 0) is 49.4 Å². The maximum absolute atomic E-state index is 13.3. The lowest BCUT2D eigenvalue weighted by Gasteiger charge is -2.15. The molecule has 0 unspecified atom stereocenters. The van der Waals surface area contributed by atoms with Gasteiger partial charge in [0.2, 0.25) is 0 Å². The Bertz CT molecular complexity index is 791. The van der Waals surface area contributed by atoms with Crippen molar-refractivity contribution in [2.75, 3.05) is 12.4 Å². The molecular formula is C17H15F2N3OS. The normalized spacial score (nSPS) is 15.8. The van der Waals surface area contributed by atoms with E-state index in [2.05, 4.69) is 15.5 Å². The third kappa shape index (κ3) is 3.91. The van der Waals surface area contributed by atoms with E-state index in [4.69, 9.17) is 4.74 Å². The van der Waals surface area contributed by atoms with Gasteiger partial charge in [-0.2, -0.15) is 5.10 Å². The molecule has 24 heavy (non-hydrogen) atoms. The second-order valence-electron chi connectivity index (χ2n) is 4.93. The molecule has 1 aliphatic heterocycles. The highest BCUT2D eigenvalue weighted by atomic mass is 32.2. The molecule has 0 aromatic heterocycles. The van der Waals surface area contributed by atoms with Crippen LogP contribution in [-0.4, -0.2) is 23.2 Å². The lowest BCUT2D eigenvalue weighted by atomic mass is 10.1. The van der Waals surface area contributed by atoms with E-state index >= 15 is 0 Å².